The van der Waals surface area contributed by atoms with Crippen molar-refractivity contribution < 1.29 is 13.9 Å². The molecule has 0 aliphatic rings. The third-order valence-corrected chi connectivity index (χ3v) is 6.33. The standard InChI is InChI=1S/C30H33FN2O2/c1-20(2)17-32-30(34)16-25(26-15-21(3)9-14-28(26)31)27-19-33(29-8-6-5-7-24(27)29)18-22-10-12-23(35-4)13-11-22/h5-15,19-20,25H,16-18H2,1-4H3,(H,32,34)/t25-/m0/s1. The third kappa shape index (κ3) is 5.73. The molecule has 1 N–H and O–H groups in total. The second kappa shape index (κ2) is 10.8. The summed E-state index contributed by atoms with van der Waals surface area (Å²) in [5, 5.41) is 4.04. The number of hydrogen-bond acceptors (Lipinski definition) is 2. The molecule has 1 aromatic heterocycles. The summed E-state index contributed by atoms with van der Waals surface area (Å²) in [5.74, 6) is 0.402. The minimum absolute atomic E-state index is 0.0726. The molecule has 0 unspecified atom stereocenters. The van der Waals surface area contributed by atoms with E-state index in [1.807, 2.05) is 49.4 Å². The Morgan fingerprint density at radius 2 is 1.77 bits per heavy atom. The molecule has 35 heavy (non-hydrogen) atoms. The number of amides is 1. The van der Waals surface area contributed by atoms with Crippen molar-refractivity contribution in [3.8, 4) is 5.75 Å². The number of para-hydroxylation sites is 1. The molecule has 1 amide bonds. The number of aryl methyl sites for hydroxylation is 1. The lowest BCUT2D eigenvalue weighted by molar-refractivity contribution is -0.121. The molecule has 0 radical (unpaired) electrons. The molecule has 0 aliphatic carbocycles. The normalized spacial score (nSPS) is 12.2. The molecule has 0 bridgehead atoms. The van der Waals surface area contributed by atoms with Crippen LogP contribution in [0.5, 0.6) is 5.75 Å². The van der Waals surface area contributed by atoms with E-state index in [0.29, 0.717) is 24.6 Å². The number of halogens is 1. The first kappa shape index (κ1) is 24.5. The van der Waals surface area contributed by atoms with Gasteiger partial charge in [-0.25, -0.2) is 4.39 Å². The Bertz CT molecular complexity index is 1310. The van der Waals surface area contributed by atoms with Crippen molar-refractivity contribution in [3.63, 3.8) is 0 Å². The maximum absolute atomic E-state index is 15.1. The SMILES string of the molecule is COc1ccc(Cn2cc([C@@H](CC(=O)NCC(C)C)c3cc(C)ccc3F)c3ccccc32)cc1. The van der Waals surface area contributed by atoms with Crippen molar-refractivity contribution in [1.29, 1.82) is 0 Å². The van der Waals surface area contributed by atoms with Crippen LogP contribution in [-0.2, 0) is 11.3 Å². The number of nitrogens with one attached hydrogen (secondary N) is 1. The van der Waals surface area contributed by atoms with Crippen LogP contribution in [-0.4, -0.2) is 24.1 Å². The molecule has 5 heteroatoms. The van der Waals surface area contributed by atoms with Crippen molar-refractivity contribution in [2.45, 2.75) is 39.7 Å². The third-order valence-electron chi connectivity index (χ3n) is 6.33. The Labute approximate surface area is 206 Å². The minimum atomic E-state index is -0.399. The quantitative estimate of drug-likeness (QED) is 0.305. The van der Waals surface area contributed by atoms with E-state index in [1.54, 1.807) is 13.2 Å². The molecular formula is C30H33FN2O2. The van der Waals surface area contributed by atoms with E-state index < -0.39 is 5.92 Å². The maximum atomic E-state index is 15.1. The molecule has 0 saturated heterocycles. The molecule has 1 atom stereocenters. The first-order valence-corrected chi connectivity index (χ1v) is 12.1. The summed E-state index contributed by atoms with van der Waals surface area (Å²) < 4.78 is 22.6. The Morgan fingerprint density at radius 3 is 2.49 bits per heavy atom. The van der Waals surface area contributed by atoms with Crippen LogP contribution >= 0.6 is 0 Å². The van der Waals surface area contributed by atoms with Crippen LogP contribution < -0.4 is 10.1 Å². The summed E-state index contributed by atoms with van der Waals surface area (Å²) in [6, 6.07) is 21.3. The predicted octanol–water partition coefficient (Wildman–Crippen LogP) is 6.44. The van der Waals surface area contributed by atoms with E-state index in [9.17, 15) is 4.79 Å². The van der Waals surface area contributed by atoms with Gasteiger partial charge in [0.1, 0.15) is 11.6 Å². The van der Waals surface area contributed by atoms with Gasteiger partial charge in [-0.2, -0.15) is 0 Å². The molecule has 4 rings (SSSR count). The van der Waals surface area contributed by atoms with E-state index in [0.717, 1.165) is 33.3 Å². The fraction of sp³-hybridized carbons (Fsp3) is 0.300. The van der Waals surface area contributed by atoms with Gasteiger partial charge in [-0.3, -0.25) is 4.79 Å². The monoisotopic (exact) mass is 472 g/mol. The topological polar surface area (TPSA) is 43.3 Å². The first-order valence-electron chi connectivity index (χ1n) is 12.1. The summed E-state index contributed by atoms with van der Waals surface area (Å²) in [6.07, 6.45) is 2.26. The number of ether oxygens (including phenoxy) is 1. The van der Waals surface area contributed by atoms with Gasteiger partial charge in [-0.05, 0) is 53.8 Å². The number of benzene rings is 3. The van der Waals surface area contributed by atoms with Crippen LogP contribution in [0.15, 0.2) is 72.9 Å². The van der Waals surface area contributed by atoms with Crippen molar-refractivity contribution in [2.75, 3.05) is 13.7 Å². The van der Waals surface area contributed by atoms with Gasteiger partial charge in [0.25, 0.3) is 0 Å². The summed E-state index contributed by atoms with van der Waals surface area (Å²) in [6.45, 7) is 7.33. The minimum Gasteiger partial charge on any atom is -0.497 e. The van der Waals surface area contributed by atoms with E-state index in [4.69, 9.17) is 4.74 Å². The van der Waals surface area contributed by atoms with E-state index >= 15 is 4.39 Å². The Hall–Kier alpha value is -3.60. The molecule has 1 heterocycles. The van der Waals surface area contributed by atoms with Gasteiger partial charge in [0.05, 0.1) is 7.11 Å². The molecule has 0 spiro atoms. The van der Waals surface area contributed by atoms with E-state index in [2.05, 4.69) is 42.1 Å². The smallest absolute Gasteiger partial charge is 0.220 e. The summed E-state index contributed by atoms with van der Waals surface area (Å²) in [7, 11) is 1.66. The van der Waals surface area contributed by atoms with Crippen LogP contribution in [0.2, 0.25) is 0 Å². The number of nitrogens with zero attached hydrogens (tertiary/aromatic N) is 1. The van der Waals surface area contributed by atoms with Gasteiger partial charge in [0.2, 0.25) is 5.91 Å². The molecule has 0 saturated carbocycles. The Kier molecular flexibility index (Phi) is 7.54. The lowest BCUT2D eigenvalue weighted by Crippen LogP contribution is -2.29. The average Bonchev–Trinajstić information content (AvgIpc) is 3.21. The largest absolute Gasteiger partial charge is 0.497 e. The lowest BCUT2D eigenvalue weighted by atomic mass is 9.87. The highest BCUT2D eigenvalue weighted by Crippen LogP contribution is 2.36. The van der Waals surface area contributed by atoms with Crippen LogP contribution in [0.4, 0.5) is 4.39 Å². The van der Waals surface area contributed by atoms with Gasteiger partial charge >= 0.3 is 0 Å². The number of fused-ring (bicyclic) bond motifs is 1. The number of carbonyl (C=O) groups is 1. The average molecular weight is 473 g/mol. The van der Waals surface area contributed by atoms with Crippen molar-refractivity contribution in [2.24, 2.45) is 5.92 Å². The van der Waals surface area contributed by atoms with Gasteiger partial charge in [-0.1, -0.05) is 61.9 Å². The Balaban J connectivity index is 1.77. The zero-order valence-electron chi connectivity index (χ0n) is 20.8. The molecule has 182 valence electrons. The highest BCUT2D eigenvalue weighted by Gasteiger charge is 2.25. The predicted molar refractivity (Wildman–Crippen MR) is 139 cm³/mol. The number of carbonyl (C=O) groups excluding carboxylic acids is 1. The molecule has 0 aliphatic heterocycles. The fourth-order valence-corrected chi connectivity index (χ4v) is 4.50. The zero-order chi connectivity index (χ0) is 24.9. The van der Waals surface area contributed by atoms with Gasteiger partial charge in [0, 0.05) is 42.5 Å². The second-order valence-electron chi connectivity index (χ2n) is 9.56. The van der Waals surface area contributed by atoms with Gasteiger partial charge in [0.15, 0.2) is 0 Å². The van der Waals surface area contributed by atoms with Crippen molar-refractivity contribution in [3.05, 3.63) is 101 Å². The van der Waals surface area contributed by atoms with Crippen LogP contribution in [0, 0.1) is 18.7 Å². The first-order chi connectivity index (χ1) is 16.9. The molecule has 0 fully saturated rings. The summed E-state index contributed by atoms with van der Waals surface area (Å²) >= 11 is 0. The highest BCUT2D eigenvalue weighted by molar-refractivity contribution is 5.87. The Morgan fingerprint density at radius 1 is 1.03 bits per heavy atom. The van der Waals surface area contributed by atoms with E-state index in [-0.39, 0.29) is 18.1 Å². The number of aromatic nitrogens is 1. The van der Waals surface area contributed by atoms with Crippen molar-refractivity contribution >= 4 is 16.8 Å². The summed E-state index contributed by atoms with van der Waals surface area (Å²) in [5.41, 5.74) is 4.66. The van der Waals surface area contributed by atoms with Crippen molar-refractivity contribution in [1.82, 2.24) is 9.88 Å². The lowest BCUT2D eigenvalue weighted by Gasteiger charge is -2.19. The fourth-order valence-electron chi connectivity index (χ4n) is 4.50. The van der Waals surface area contributed by atoms with Crippen LogP contribution in [0.1, 0.15) is 48.4 Å². The van der Waals surface area contributed by atoms with Crippen LogP contribution in [0.25, 0.3) is 10.9 Å². The number of methoxy groups -OCH3 is 1. The number of hydrogen-bond donors (Lipinski definition) is 1. The van der Waals surface area contributed by atoms with Gasteiger partial charge < -0.3 is 14.6 Å². The van der Waals surface area contributed by atoms with E-state index in [1.165, 1.54) is 6.07 Å². The molecular weight excluding hydrogens is 439 g/mol. The maximum Gasteiger partial charge on any atom is 0.220 e. The zero-order valence-corrected chi connectivity index (χ0v) is 20.8. The number of rotatable bonds is 9. The second-order valence-corrected chi connectivity index (χ2v) is 9.56. The van der Waals surface area contributed by atoms with Gasteiger partial charge in [-0.15, -0.1) is 0 Å². The summed E-state index contributed by atoms with van der Waals surface area (Å²) in [4.78, 5) is 12.9. The molecule has 4 aromatic rings. The molecule has 4 nitrogen and oxygen atoms in total. The highest BCUT2D eigenvalue weighted by atomic mass is 19.1. The van der Waals surface area contributed by atoms with Crippen LogP contribution in [0.3, 0.4) is 0 Å². The molecule has 3 aromatic carbocycles.